The number of thioether (sulfide) groups is 1. The van der Waals surface area contributed by atoms with E-state index in [1.165, 1.54) is 6.20 Å². The van der Waals surface area contributed by atoms with Crippen LogP contribution in [0.2, 0.25) is 0 Å². The number of nitrogens with zero attached hydrogens (tertiary/aromatic N) is 1. The summed E-state index contributed by atoms with van der Waals surface area (Å²) in [6.45, 7) is 2.31. The number of Topliss-reactive ketones (excluding diaryl/α,β-unsaturated/α-hetero) is 1. The maximum absolute atomic E-state index is 13.4. The third-order valence-corrected chi connectivity index (χ3v) is 8.39. The Bertz CT molecular complexity index is 1550. The Balaban J connectivity index is 1.45. The van der Waals surface area contributed by atoms with E-state index in [2.05, 4.69) is 20.9 Å². The first kappa shape index (κ1) is 33.6. The van der Waals surface area contributed by atoms with Crippen molar-refractivity contribution in [3.05, 3.63) is 71.4 Å². The predicted molar refractivity (Wildman–Crippen MR) is 166 cm³/mol. The molecule has 14 heteroatoms. The fraction of sp³-hybridized carbons (Fsp3) is 0.387. The second-order valence-electron chi connectivity index (χ2n) is 10.5. The van der Waals surface area contributed by atoms with E-state index in [4.69, 9.17) is 5.41 Å². The molecule has 1 fully saturated rings. The minimum absolute atomic E-state index is 0.0100. The molecule has 1 aliphatic heterocycles. The van der Waals surface area contributed by atoms with E-state index in [1.807, 2.05) is 4.90 Å². The molecule has 3 amide bonds. The van der Waals surface area contributed by atoms with Crippen molar-refractivity contribution >= 4 is 52.0 Å². The monoisotopic (exact) mass is 644 g/mol. The summed E-state index contributed by atoms with van der Waals surface area (Å²) in [4.78, 5) is 55.5. The Morgan fingerprint density at radius 2 is 1.58 bits per heavy atom. The SMILES string of the molecule is CCC(=O)NC(Cc1ccccc1C(=N)N1CCSCC1)C(=O)NCC(=O)NC(Cc1c[nH]c2ccccc12)C(=O)C(F)(F)F. The molecular formula is C31H35F3N6O4S. The third-order valence-electron chi connectivity index (χ3n) is 7.45. The number of aromatic amines is 1. The van der Waals surface area contributed by atoms with Crippen LogP contribution in [-0.4, -0.2) is 88.6 Å². The number of rotatable bonds is 12. The number of benzene rings is 2. The number of hydrogen-bond acceptors (Lipinski definition) is 6. The molecule has 10 nitrogen and oxygen atoms in total. The second kappa shape index (κ2) is 15.1. The molecule has 0 saturated carbocycles. The first-order chi connectivity index (χ1) is 21.5. The molecule has 0 spiro atoms. The lowest BCUT2D eigenvalue weighted by atomic mass is 9.98. The number of hydrogen-bond donors (Lipinski definition) is 5. The Labute approximate surface area is 262 Å². The van der Waals surface area contributed by atoms with Crippen LogP contribution < -0.4 is 16.0 Å². The van der Waals surface area contributed by atoms with Gasteiger partial charge in [-0.3, -0.25) is 24.6 Å². The molecule has 1 aliphatic rings. The minimum atomic E-state index is -5.20. The van der Waals surface area contributed by atoms with E-state index in [9.17, 15) is 32.3 Å². The van der Waals surface area contributed by atoms with Crippen molar-refractivity contribution in [2.75, 3.05) is 31.1 Å². The zero-order valence-electron chi connectivity index (χ0n) is 24.6. The van der Waals surface area contributed by atoms with Crippen LogP contribution in [0.3, 0.4) is 0 Å². The zero-order valence-corrected chi connectivity index (χ0v) is 25.4. The Kier molecular flexibility index (Phi) is 11.3. The van der Waals surface area contributed by atoms with Gasteiger partial charge in [0.15, 0.2) is 0 Å². The molecule has 1 saturated heterocycles. The Morgan fingerprint density at radius 3 is 2.29 bits per heavy atom. The number of halogens is 3. The first-order valence-corrected chi connectivity index (χ1v) is 15.6. The van der Waals surface area contributed by atoms with Crippen molar-refractivity contribution in [3.63, 3.8) is 0 Å². The molecular weight excluding hydrogens is 609 g/mol. The van der Waals surface area contributed by atoms with E-state index in [0.29, 0.717) is 46.5 Å². The summed E-state index contributed by atoms with van der Waals surface area (Å²) in [5, 5.41) is 16.5. The average molecular weight is 645 g/mol. The van der Waals surface area contributed by atoms with Crippen molar-refractivity contribution in [2.45, 2.75) is 44.4 Å². The van der Waals surface area contributed by atoms with E-state index < -0.39 is 54.7 Å². The van der Waals surface area contributed by atoms with Crippen LogP contribution in [0.5, 0.6) is 0 Å². The molecule has 45 heavy (non-hydrogen) atoms. The highest BCUT2D eigenvalue weighted by Gasteiger charge is 2.44. The van der Waals surface area contributed by atoms with Gasteiger partial charge in [0.25, 0.3) is 5.78 Å². The van der Waals surface area contributed by atoms with Gasteiger partial charge < -0.3 is 25.8 Å². The van der Waals surface area contributed by atoms with Gasteiger partial charge in [-0.1, -0.05) is 49.4 Å². The number of fused-ring (bicyclic) bond motifs is 1. The fourth-order valence-corrected chi connectivity index (χ4v) is 5.98. The Morgan fingerprint density at radius 1 is 0.933 bits per heavy atom. The maximum atomic E-state index is 13.4. The van der Waals surface area contributed by atoms with Crippen molar-refractivity contribution in [1.29, 1.82) is 5.41 Å². The van der Waals surface area contributed by atoms with Crippen LogP contribution in [0.4, 0.5) is 13.2 Å². The molecule has 240 valence electrons. The normalized spacial score (nSPS) is 14.8. The van der Waals surface area contributed by atoms with Crippen molar-refractivity contribution < 1.29 is 32.3 Å². The van der Waals surface area contributed by atoms with Crippen LogP contribution >= 0.6 is 11.8 Å². The summed E-state index contributed by atoms with van der Waals surface area (Å²) in [7, 11) is 0. The van der Waals surface area contributed by atoms with Gasteiger partial charge in [-0.25, -0.2) is 0 Å². The molecule has 0 radical (unpaired) electrons. The number of ketones is 1. The second-order valence-corrected chi connectivity index (χ2v) is 11.8. The van der Waals surface area contributed by atoms with Gasteiger partial charge in [-0.15, -0.1) is 0 Å². The maximum Gasteiger partial charge on any atom is 0.452 e. The van der Waals surface area contributed by atoms with Crippen LogP contribution in [-0.2, 0) is 32.0 Å². The van der Waals surface area contributed by atoms with Crippen LogP contribution in [0, 0.1) is 5.41 Å². The molecule has 2 heterocycles. The molecule has 2 unspecified atom stereocenters. The molecule has 0 aliphatic carbocycles. The fourth-order valence-electron chi connectivity index (χ4n) is 5.08. The topological polar surface area (TPSA) is 147 Å². The highest BCUT2D eigenvalue weighted by atomic mass is 32.2. The minimum Gasteiger partial charge on any atom is -0.361 e. The molecule has 2 atom stereocenters. The Hall–Kier alpha value is -4.33. The molecule has 5 N–H and O–H groups in total. The van der Waals surface area contributed by atoms with E-state index in [1.54, 1.807) is 67.2 Å². The third kappa shape index (κ3) is 8.87. The van der Waals surface area contributed by atoms with Gasteiger partial charge in [0.05, 0.1) is 6.54 Å². The molecule has 0 bridgehead atoms. The van der Waals surface area contributed by atoms with E-state index in [0.717, 1.165) is 11.5 Å². The highest BCUT2D eigenvalue weighted by molar-refractivity contribution is 7.99. The number of carbonyl (C=O) groups is 4. The molecule has 3 aromatic rings. The van der Waals surface area contributed by atoms with Gasteiger partial charge in [-0.2, -0.15) is 24.9 Å². The van der Waals surface area contributed by atoms with Crippen LogP contribution in [0.15, 0.2) is 54.7 Å². The standard InChI is InChI=1S/C31H35F3N6O4S/c1-2-26(41)39-25(15-19-7-3-4-9-22(19)29(35)40-11-13-45-14-12-40)30(44)37-18-27(42)38-24(28(43)31(32,33)34)16-20-17-36-23-10-6-5-8-21(20)23/h3-10,17,24-25,35-36H,2,11-16,18H2,1H3,(H,37,44)(H,38,42)(H,39,41). The molecule has 1 aromatic heterocycles. The average Bonchev–Trinajstić information content (AvgIpc) is 3.45. The number of H-pyrrole nitrogens is 1. The van der Waals surface area contributed by atoms with Crippen molar-refractivity contribution in [2.24, 2.45) is 0 Å². The summed E-state index contributed by atoms with van der Waals surface area (Å²) in [6.07, 6.45) is -4.04. The van der Waals surface area contributed by atoms with E-state index >= 15 is 0 Å². The highest BCUT2D eigenvalue weighted by Crippen LogP contribution is 2.24. The van der Waals surface area contributed by atoms with Gasteiger partial charge in [0.1, 0.15) is 17.9 Å². The lowest BCUT2D eigenvalue weighted by Gasteiger charge is -2.30. The van der Waals surface area contributed by atoms with Crippen molar-refractivity contribution in [1.82, 2.24) is 25.8 Å². The van der Waals surface area contributed by atoms with Gasteiger partial charge >= 0.3 is 6.18 Å². The lowest BCUT2D eigenvalue weighted by molar-refractivity contribution is -0.173. The van der Waals surface area contributed by atoms with Crippen LogP contribution in [0.25, 0.3) is 10.9 Å². The smallest absolute Gasteiger partial charge is 0.361 e. The summed E-state index contributed by atoms with van der Waals surface area (Å²) in [6, 6.07) is 10.9. The summed E-state index contributed by atoms with van der Waals surface area (Å²) < 4.78 is 40.3. The lowest BCUT2D eigenvalue weighted by Crippen LogP contribution is -2.53. The largest absolute Gasteiger partial charge is 0.452 e. The number of amidine groups is 1. The quantitative estimate of drug-likeness (QED) is 0.151. The molecule has 4 rings (SSSR count). The number of aromatic nitrogens is 1. The number of alkyl halides is 3. The van der Waals surface area contributed by atoms with Gasteiger partial charge in [0.2, 0.25) is 17.7 Å². The van der Waals surface area contributed by atoms with Gasteiger partial charge in [0, 0.05) is 66.5 Å². The number of carbonyl (C=O) groups excluding carboxylic acids is 4. The molecule has 2 aromatic carbocycles. The first-order valence-electron chi connectivity index (χ1n) is 14.5. The zero-order chi connectivity index (χ0) is 32.6. The summed E-state index contributed by atoms with van der Waals surface area (Å²) in [5.41, 5.74) is 2.32. The number of para-hydroxylation sites is 1. The van der Waals surface area contributed by atoms with E-state index in [-0.39, 0.29) is 12.8 Å². The predicted octanol–water partition coefficient (Wildman–Crippen LogP) is 2.95. The van der Waals surface area contributed by atoms with Crippen LogP contribution in [0.1, 0.15) is 30.0 Å². The number of amides is 3. The summed E-state index contributed by atoms with van der Waals surface area (Å²) in [5.74, 6) is -2.19. The van der Waals surface area contributed by atoms with Gasteiger partial charge in [-0.05, 0) is 17.2 Å². The number of nitrogens with one attached hydrogen (secondary N) is 5. The summed E-state index contributed by atoms with van der Waals surface area (Å²) >= 11 is 1.81. The van der Waals surface area contributed by atoms with Crippen molar-refractivity contribution in [3.8, 4) is 0 Å².